The van der Waals surface area contributed by atoms with Crippen molar-refractivity contribution in [3.8, 4) is 11.5 Å². The van der Waals surface area contributed by atoms with Gasteiger partial charge < -0.3 is 20.4 Å². The highest BCUT2D eigenvalue weighted by molar-refractivity contribution is 5.66. The third kappa shape index (κ3) is 45.9. The molecule has 0 bridgehead atoms. The van der Waals surface area contributed by atoms with Gasteiger partial charge >= 0.3 is 11.9 Å². The minimum Gasteiger partial charge on any atom is -0.508 e. The smallest absolute Gasteiger partial charge is 0.303 e. The van der Waals surface area contributed by atoms with E-state index in [0.717, 1.165) is 25.7 Å². The Balaban J connectivity index is 0. The molecule has 1 aromatic rings. The summed E-state index contributed by atoms with van der Waals surface area (Å²) in [5, 5.41) is 34.3. The number of carboxylic acid groups (broad SMARTS) is 2. The minimum atomic E-state index is -0.653. The van der Waals surface area contributed by atoms with Crippen LogP contribution in [0.4, 0.5) is 0 Å². The largest absolute Gasteiger partial charge is 0.508 e. The lowest BCUT2D eigenvalue weighted by molar-refractivity contribution is -0.138. The second-order valence-electron chi connectivity index (χ2n) is 13.7. The number of aliphatic carboxylic acids is 2. The minimum absolute atomic E-state index is 0.169. The van der Waals surface area contributed by atoms with Crippen molar-refractivity contribution in [3.63, 3.8) is 0 Å². The molecular weight excluding hydrogens is 600 g/mol. The number of benzene rings is 1. The molecule has 6 heteroatoms. The highest BCUT2D eigenvalue weighted by Crippen LogP contribution is 2.16. The molecule has 1 rings (SSSR count). The molecule has 0 atom stereocenters. The molecule has 48 heavy (non-hydrogen) atoms. The summed E-state index contributed by atoms with van der Waals surface area (Å²) in [6, 6.07) is 5.70. The molecule has 0 spiro atoms. The molecule has 0 unspecified atom stereocenters. The van der Waals surface area contributed by atoms with Gasteiger partial charge in [-0.25, -0.2) is 0 Å². The Kier molecular flexibility index (Phi) is 40.8. The van der Waals surface area contributed by atoms with E-state index in [2.05, 4.69) is 13.8 Å². The number of carbonyl (C=O) groups is 2. The third-order valence-electron chi connectivity index (χ3n) is 8.84. The predicted octanol–water partition coefficient (Wildman–Crippen LogP) is 13.8. The van der Waals surface area contributed by atoms with Crippen LogP contribution in [0.1, 0.15) is 219 Å². The molecule has 0 aliphatic carbocycles. The van der Waals surface area contributed by atoms with Gasteiger partial charge in [0.15, 0.2) is 0 Å². The van der Waals surface area contributed by atoms with Crippen molar-refractivity contribution in [2.75, 3.05) is 0 Å². The van der Waals surface area contributed by atoms with Crippen LogP contribution >= 0.6 is 0 Å². The molecule has 4 N–H and O–H groups in total. The van der Waals surface area contributed by atoms with Gasteiger partial charge in [0, 0.05) is 12.8 Å². The summed E-state index contributed by atoms with van der Waals surface area (Å²) in [5.41, 5.74) is 0. The van der Waals surface area contributed by atoms with Crippen LogP contribution in [-0.2, 0) is 9.59 Å². The van der Waals surface area contributed by atoms with Crippen molar-refractivity contribution in [1.29, 1.82) is 0 Å². The van der Waals surface area contributed by atoms with Crippen molar-refractivity contribution in [2.45, 2.75) is 219 Å². The van der Waals surface area contributed by atoms with Gasteiger partial charge in [-0.2, -0.15) is 0 Å². The molecule has 0 aliphatic heterocycles. The lowest BCUT2D eigenvalue weighted by atomic mass is 10.0. The summed E-state index contributed by atoms with van der Waals surface area (Å²) in [7, 11) is 0. The van der Waals surface area contributed by atoms with Crippen LogP contribution in [0.15, 0.2) is 24.3 Å². The first-order valence-electron chi connectivity index (χ1n) is 20.2. The Morgan fingerprint density at radius 2 is 0.521 bits per heavy atom. The van der Waals surface area contributed by atoms with Crippen molar-refractivity contribution >= 4 is 11.9 Å². The van der Waals surface area contributed by atoms with E-state index in [1.54, 1.807) is 0 Å². The molecule has 0 saturated heterocycles. The lowest BCUT2D eigenvalue weighted by Crippen LogP contribution is -1.93. The topological polar surface area (TPSA) is 115 Å². The number of rotatable bonds is 32. The van der Waals surface area contributed by atoms with Crippen LogP contribution in [0.5, 0.6) is 11.5 Å². The highest BCUT2D eigenvalue weighted by Gasteiger charge is 1.98. The van der Waals surface area contributed by atoms with Crippen LogP contribution < -0.4 is 0 Å². The summed E-state index contributed by atoms with van der Waals surface area (Å²) in [6.45, 7) is 4.54. The zero-order valence-electron chi connectivity index (χ0n) is 31.5. The maximum Gasteiger partial charge on any atom is 0.303 e. The molecule has 0 heterocycles. The number of aromatic hydroxyl groups is 2. The Bertz CT molecular complexity index is 714. The normalized spacial score (nSPS) is 10.5. The summed E-state index contributed by atoms with van der Waals surface area (Å²) in [5.74, 6) is -0.968. The van der Waals surface area contributed by atoms with Crippen LogP contribution in [0.25, 0.3) is 0 Å². The van der Waals surface area contributed by atoms with Gasteiger partial charge in [-0.1, -0.05) is 194 Å². The van der Waals surface area contributed by atoms with Gasteiger partial charge in [0.25, 0.3) is 0 Å². The summed E-state index contributed by atoms with van der Waals surface area (Å²) < 4.78 is 0. The summed E-state index contributed by atoms with van der Waals surface area (Å²) >= 11 is 0. The first-order valence-corrected chi connectivity index (χ1v) is 20.2. The van der Waals surface area contributed by atoms with E-state index >= 15 is 0 Å². The van der Waals surface area contributed by atoms with Crippen molar-refractivity contribution in [2.24, 2.45) is 0 Å². The van der Waals surface area contributed by atoms with Gasteiger partial charge in [0.05, 0.1) is 0 Å². The maximum absolute atomic E-state index is 10.3. The Morgan fingerprint density at radius 1 is 0.354 bits per heavy atom. The fourth-order valence-corrected chi connectivity index (χ4v) is 5.75. The molecule has 0 saturated carbocycles. The van der Waals surface area contributed by atoms with Crippen molar-refractivity contribution < 1.29 is 30.0 Å². The van der Waals surface area contributed by atoms with Crippen LogP contribution in [-0.4, -0.2) is 32.4 Å². The van der Waals surface area contributed by atoms with Crippen LogP contribution in [0.3, 0.4) is 0 Å². The second kappa shape index (κ2) is 40.9. The molecule has 1 aromatic carbocycles. The summed E-state index contributed by atoms with van der Waals surface area (Å²) in [6.07, 6.45) is 40.4. The van der Waals surface area contributed by atoms with E-state index in [0.29, 0.717) is 12.8 Å². The van der Waals surface area contributed by atoms with Gasteiger partial charge in [-0.05, 0) is 37.1 Å². The van der Waals surface area contributed by atoms with E-state index in [4.69, 9.17) is 20.4 Å². The number of hydrogen-bond donors (Lipinski definition) is 4. The predicted molar refractivity (Wildman–Crippen MR) is 204 cm³/mol. The molecule has 282 valence electrons. The lowest BCUT2D eigenvalue weighted by Gasteiger charge is -2.03. The maximum atomic E-state index is 10.3. The van der Waals surface area contributed by atoms with E-state index in [1.165, 1.54) is 191 Å². The molecule has 0 amide bonds. The first kappa shape index (κ1) is 47.9. The van der Waals surface area contributed by atoms with E-state index < -0.39 is 11.9 Å². The third-order valence-corrected chi connectivity index (χ3v) is 8.84. The number of carboxylic acids is 2. The number of hydrogen-bond acceptors (Lipinski definition) is 4. The first-order chi connectivity index (χ1) is 23.3. The fourth-order valence-electron chi connectivity index (χ4n) is 5.75. The SMILES string of the molecule is CCCCCCCCCCCCCCCCCC(=O)O.CCCCCCCCCCCCCCCCCC(=O)O.Oc1ccc(O)cc1. The highest BCUT2D eigenvalue weighted by atomic mass is 16.4. The second-order valence-corrected chi connectivity index (χ2v) is 13.7. The Hall–Kier alpha value is -2.24. The fraction of sp³-hybridized carbons (Fsp3) is 0.810. The van der Waals surface area contributed by atoms with E-state index in [-0.39, 0.29) is 11.5 Å². The van der Waals surface area contributed by atoms with Crippen molar-refractivity contribution in [1.82, 2.24) is 0 Å². The monoisotopic (exact) mass is 679 g/mol. The van der Waals surface area contributed by atoms with Gasteiger partial charge in [0.1, 0.15) is 11.5 Å². The quantitative estimate of drug-likeness (QED) is 0.0445. The standard InChI is InChI=1S/2C18H36O2.C6H6O2/c2*1-2-3-4-5-6-7-8-9-10-11-12-13-14-15-16-17-18(19)20;7-5-1-2-6(8)4-3-5/h2*2-17H2,1H3,(H,19,20);1-4,7-8H. The van der Waals surface area contributed by atoms with Gasteiger partial charge in [0.2, 0.25) is 0 Å². The van der Waals surface area contributed by atoms with Gasteiger partial charge in [-0.15, -0.1) is 0 Å². The van der Waals surface area contributed by atoms with E-state index in [1.807, 2.05) is 0 Å². The van der Waals surface area contributed by atoms with Gasteiger partial charge in [-0.3, -0.25) is 9.59 Å². The molecule has 0 aromatic heterocycles. The molecule has 0 fully saturated rings. The number of phenolic OH excluding ortho intramolecular Hbond substituents is 2. The molecule has 6 nitrogen and oxygen atoms in total. The summed E-state index contributed by atoms with van der Waals surface area (Å²) in [4.78, 5) is 20.7. The average Bonchev–Trinajstić information content (AvgIpc) is 3.06. The molecule has 0 radical (unpaired) electrons. The molecular formula is C42H78O6. The zero-order chi connectivity index (χ0) is 35.8. The zero-order valence-corrected chi connectivity index (χ0v) is 31.5. The van der Waals surface area contributed by atoms with E-state index in [9.17, 15) is 9.59 Å². The number of phenols is 2. The average molecular weight is 679 g/mol. The number of unbranched alkanes of at least 4 members (excludes halogenated alkanes) is 28. The van der Waals surface area contributed by atoms with Crippen LogP contribution in [0.2, 0.25) is 0 Å². The molecule has 0 aliphatic rings. The Labute approximate surface area is 296 Å². The van der Waals surface area contributed by atoms with Crippen LogP contribution in [0, 0.1) is 0 Å². The Morgan fingerprint density at radius 3 is 0.688 bits per heavy atom. The van der Waals surface area contributed by atoms with Crippen molar-refractivity contribution in [3.05, 3.63) is 24.3 Å².